The highest BCUT2D eigenvalue weighted by molar-refractivity contribution is 5.80. The summed E-state index contributed by atoms with van der Waals surface area (Å²) in [7, 11) is 0. The van der Waals surface area contributed by atoms with Gasteiger partial charge in [0, 0.05) is 12.6 Å². The molecular weight excluding hydrogens is 242 g/mol. The fourth-order valence-electron chi connectivity index (χ4n) is 3.19. The lowest BCUT2D eigenvalue weighted by Gasteiger charge is -2.34. The molecule has 0 aromatic heterocycles. The third kappa shape index (κ3) is 3.48. The van der Waals surface area contributed by atoms with Crippen LogP contribution >= 0.6 is 0 Å². The summed E-state index contributed by atoms with van der Waals surface area (Å²) >= 11 is 0. The topological polar surface area (TPSA) is 49.8 Å². The maximum absolute atomic E-state index is 12.8. The molecule has 0 radical (unpaired) electrons. The minimum Gasteiger partial charge on any atom is -0.395 e. The Bertz CT molecular complexity index is 291. The molecule has 4 atom stereocenters. The van der Waals surface area contributed by atoms with E-state index in [2.05, 4.69) is 20.8 Å². The van der Waals surface area contributed by atoms with E-state index in [1.165, 1.54) is 0 Å². The van der Waals surface area contributed by atoms with Crippen molar-refractivity contribution in [2.24, 2.45) is 11.8 Å². The SMILES string of the molecule is CCC(CC)N(CCO)C(=O)C1C(C)OC(C)C1C. The normalized spacial score (nSPS) is 30.9. The van der Waals surface area contributed by atoms with Crippen LogP contribution in [0.15, 0.2) is 0 Å². The van der Waals surface area contributed by atoms with Crippen molar-refractivity contribution in [1.29, 1.82) is 0 Å². The molecule has 4 unspecified atom stereocenters. The molecule has 0 aromatic rings. The number of rotatable bonds is 6. The number of ether oxygens (including phenoxy) is 1. The van der Waals surface area contributed by atoms with Crippen molar-refractivity contribution in [3.8, 4) is 0 Å². The van der Waals surface area contributed by atoms with Gasteiger partial charge in [-0.15, -0.1) is 0 Å². The van der Waals surface area contributed by atoms with Crippen LogP contribution in [-0.2, 0) is 9.53 Å². The lowest BCUT2D eigenvalue weighted by atomic mass is 9.87. The Morgan fingerprint density at radius 2 is 1.79 bits per heavy atom. The third-order valence-corrected chi connectivity index (χ3v) is 4.53. The molecule has 0 saturated carbocycles. The number of nitrogens with zero attached hydrogens (tertiary/aromatic N) is 1. The number of hydrogen-bond donors (Lipinski definition) is 1. The first kappa shape index (κ1) is 16.4. The van der Waals surface area contributed by atoms with Gasteiger partial charge in [0.15, 0.2) is 0 Å². The molecule has 19 heavy (non-hydrogen) atoms. The number of aliphatic hydroxyl groups excluding tert-OH is 1. The summed E-state index contributed by atoms with van der Waals surface area (Å²) in [5, 5.41) is 9.23. The molecule has 1 fully saturated rings. The van der Waals surface area contributed by atoms with Crippen LogP contribution in [0, 0.1) is 11.8 Å². The van der Waals surface area contributed by atoms with Crippen molar-refractivity contribution in [2.45, 2.75) is 65.7 Å². The summed E-state index contributed by atoms with van der Waals surface area (Å²) in [6.07, 6.45) is 1.94. The molecule has 4 nitrogen and oxygen atoms in total. The molecule has 0 bridgehead atoms. The second-order valence-electron chi connectivity index (χ2n) is 5.66. The van der Waals surface area contributed by atoms with Crippen molar-refractivity contribution in [3.05, 3.63) is 0 Å². The number of hydrogen-bond acceptors (Lipinski definition) is 3. The van der Waals surface area contributed by atoms with Crippen molar-refractivity contribution >= 4 is 5.91 Å². The molecule has 4 heteroatoms. The largest absolute Gasteiger partial charge is 0.395 e. The van der Waals surface area contributed by atoms with Gasteiger partial charge in [-0.3, -0.25) is 4.79 Å². The van der Waals surface area contributed by atoms with E-state index in [4.69, 9.17) is 4.74 Å². The molecule has 1 aliphatic heterocycles. The van der Waals surface area contributed by atoms with Crippen LogP contribution in [0.25, 0.3) is 0 Å². The highest BCUT2D eigenvalue weighted by Crippen LogP contribution is 2.34. The van der Waals surface area contributed by atoms with Crippen molar-refractivity contribution in [2.75, 3.05) is 13.2 Å². The predicted octanol–water partition coefficient (Wildman–Crippen LogP) is 2.06. The lowest BCUT2D eigenvalue weighted by Crippen LogP contribution is -2.47. The minimum absolute atomic E-state index is 0.0220. The molecule has 1 rings (SSSR count). The van der Waals surface area contributed by atoms with E-state index in [9.17, 15) is 9.90 Å². The first-order chi connectivity index (χ1) is 8.97. The van der Waals surface area contributed by atoms with E-state index in [0.29, 0.717) is 6.54 Å². The fraction of sp³-hybridized carbons (Fsp3) is 0.933. The average Bonchev–Trinajstić information content (AvgIpc) is 2.63. The van der Waals surface area contributed by atoms with Gasteiger partial charge < -0.3 is 14.7 Å². The Morgan fingerprint density at radius 1 is 1.21 bits per heavy atom. The van der Waals surface area contributed by atoms with Gasteiger partial charge in [-0.05, 0) is 32.6 Å². The number of amides is 1. The van der Waals surface area contributed by atoms with E-state index in [1.54, 1.807) is 0 Å². The Kier molecular flexibility index (Phi) is 6.27. The number of carbonyl (C=O) groups excluding carboxylic acids is 1. The molecule has 112 valence electrons. The Labute approximate surface area is 117 Å². The highest BCUT2D eigenvalue weighted by atomic mass is 16.5. The molecule has 1 amide bonds. The van der Waals surface area contributed by atoms with Crippen molar-refractivity contribution in [1.82, 2.24) is 4.90 Å². The van der Waals surface area contributed by atoms with Crippen LogP contribution < -0.4 is 0 Å². The van der Waals surface area contributed by atoms with E-state index >= 15 is 0 Å². The van der Waals surface area contributed by atoms with Gasteiger partial charge in [-0.2, -0.15) is 0 Å². The summed E-state index contributed by atoms with van der Waals surface area (Å²) in [6, 6.07) is 0.218. The highest BCUT2D eigenvalue weighted by Gasteiger charge is 2.43. The summed E-state index contributed by atoms with van der Waals surface area (Å²) in [5.41, 5.74) is 0. The van der Waals surface area contributed by atoms with Crippen LogP contribution in [0.1, 0.15) is 47.5 Å². The fourth-order valence-corrected chi connectivity index (χ4v) is 3.19. The summed E-state index contributed by atoms with van der Waals surface area (Å²) in [5.74, 6) is 0.298. The first-order valence-corrected chi connectivity index (χ1v) is 7.54. The van der Waals surface area contributed by atoms with Gasteiger partial charge in [0.25, 0.3) is 0 Å². The Hall–Kier alpha value is -0.610. The summed E-state index contributed by atoms with van der Waals surface area (Å²) in [6.45, 7) is 10.7. The molecular formula is C15H29NO3. The van der Waals surface area contributed by atoms with Crippen molar-refractivity contribution in [3.63, 3.8) is 0 Å². The zero-order valence-corrected chi connectivity index (χ0v) is 12.9. The lowest BCUT2D eigenvalue weighted by molar-refractivity contribution is -0.141. The van der Waals surface area contributed by atoms with Gasteiger partial charge in [-0.25, -0.2) is 0 Å². The van der Waals surface area contributed by atoms with Crippen LogP contribution in [0.4, 0.5) is 0 Å². The van der Waals surface area contributed by atoms with E-state index in [-0.39, 0.29) is 42.6 Å². The first-order valence-electron chi connectivity index (χ1n) is 7.54. The standard InChI is InChI=1S/C15H29NO3/c1-6-13(7-2)16(8-9-17)15(18)14-10(3)11(4)19-12(14)5/h10-14,17H,6-9H2,1-5H3. The van der Waals surface area contributed by atoms with E-state index in [0.717, 1.165) is 12.8 Å². The smallest absolute Gasteiger partial charge is 0.228 e. The van der Waals surface area contributed by atoms with Crippen LogP contribution in [0.2, 0.25) is 0 Å². The average molecular weight is 271 g/mol. The Morgan fingerprint density at radius 3 is 2.16 bits per heavy atom. The maximum atomic E-state index is 12.8. The molecule has 0 spiro atoms. The van der Waals surface area contributed by atoms with Gasteiger partial charge >= 0.3 is 0 Å². The quantitative estimate of drug-likeness (QED) is 0.804. The summed E-state index contributed by atoms with van der Waals surface area (Å²) < 4.78 is 5.77. The van der Waals surface area contributed by atoms with E-state index < -0.39 is 0 Å². The number of carbonyl (C=O) groups is 1. The molecule has 1 saturated heterocycles. The van der Waals surface area contributed by atoms with E-state index in [1.807, 2.05) is 18.7 Å². The van der Waals surface area contributed by atoms with Crippen molar-refractivity contribution < 1.29 is 14.6 Å². The van der Waals surface area contributed by atoms with Gasteiger partial charge in [0.2, 0.25) is 5.91 Å². The van der Waals surface area contributed by atoms with Crippen LogP contribution in [-0.4, -0.2) is 47.3 Å². The minimum atomic E-state index is -0.0813. The predicted molar refractivity (Wildman–Crippen MR) is 75.8 cm³/mol. The maximum Gasteiger partial charge on any atom is 0.228 e. The van der Waals surface area contributed by atoms with Crippen LogP contribution in [0.5, 0.6) is 0 Å². The molecule has 1 N–H and O–H groups in total. The zero-order chi connectivity index (χ0) is 14.6. The molecule has 1 aliphatic rings. The number of aliphatic hydroxyl groups is 1. The third-order valence-electron chi connectivity index (χ3n) is 4.53. The summed E-state index contributed by atoms with van der Waals surface area (Å²) in [4.78, 5) is 14.7. The zero-order valence-electron chi connectivity index (χ0n) is 12.9. The van der Waals surface area contributed by atoms with Gasteiger partial charge in [0.1, 0.15) is 0 Å². The molecule has 0 aliphatic carbocycles. The second-order valence-corrected chi connectivity index (χ2v) is 5.66. The Balaban J connectivity index is 2.87. The van der Waals surface area contributed by atoms with Gasteiger partial charge in [0.05, 0.1) is 24.7 Å². The molecule has 0 aromatic carbocycles. The second kappa shape index (κ2) is 7.25. The van der Waals surface area contributed by atoms with Gasteiger partial charge in [-0.1, -0.05) is 20.8 Å². The molecule has 1 heterocycles. The monoisotopic (exact) mass is 271 g/mol. The van der Waals surface area contributed by atoms with Crippen LogP contribution in [0.3, 0.4) is 0 Å².